The van der Waals surface area contributed by atoms with E-state index in [9.17, 15) is 9.59 Å². The highest BCUT2D eigenvalue weighted by Gasteiger charge is 2.10. The Labute approximate surface area is 150 Å². The van der Waals surface area contributed by atoms with Gasteiger partial charge in [-0.15, -0.1) is 0 Å². The predicted molar refractivity (Wildman–Crippen MR) is 102 cm³/mol. The number of carbonyl (C=O) groups excluding carboxylic acids is 2. The van der Waals surface area contributed by atoms with E-state index in [1.165, 1.54) is 24.8 Å². The van der Waals surface area contributed by atoms with E-state index in [2.05, 4.69) is 13.8 Å². The van der Waals surface area contributed by atoms with Gasteiger partial charge in [-0.2, -0.15) is 11.8 Å². The second-order valence-electron chi connectivity index (χ2n) is 5.95. The third-order valence-corrected chi connectivity index (χ3v) is 5.00. The smallest absolute Gasteiger partial charge is 0.306 e. The number of hydrogen-bond donors (Lipinski definition) is 0. The van der Waals surface area contributed by atoms with E-state index in [1.807, 2.05) is 36.0 Å². The van der Waals surface area contributed by atoms with Crippen molar-refractivity contribution in [3.05, 3.63) is 35.4 Å². The Bertz CT molecular complexity index is 482. The Kier molecular flexibility index (Phi) is 11.3. The van der Waals surface area contributed by atoms with Crippen LogP contribution in [0.25, 0.3) is 0 Å². The molecule has 0 atom stereocenters. The quantitative estimate of drug-likeness (QED) is 0.283. The van der Waals surface area contributed by atoms with Crippen LogP contribution in [0.2, 0.25) is 0 Å². The largest absolute Gasteiger partial charge is 0.457 e. The number of ketones is 1. The van der Waals surface area contributed by atoms with Gasteiger partial charge < -0.3 is 4.74 Å². The Morgan fingerprint density at radius 2 is 1.71 bits per heavy atom. The summed E-state index contributed by atoms with van der Waals surface area (Å²) >= 11 is 1.85. The normalized spacial score (nSPS) is 10.6. The summed E-state index contributed by atoms with van der Waals surface area (Å²) in [6.07, 6.45) is 7.02. The number of hydrogen-bond acceptors (Lipinski definition) is 4. The molecule has 0 fully saturated rings. The van der Waals surface area contributed by atoms with Crippen LogP contribution in [0, 0.1) is 0 Å². The number of carbonyl (C=O) groups is 2. The second kappa shape index (κ2) is 13.1. The maximum Gasteiger partial charge on any atom is 0.306 e. The molecule has 0 heterocycles. The first-order valence-corrected chi connectivity index (χ1v) is 10.2. The van der Waals surface area contributed by atoms with Crippen molar-refractivity contribution in [3.8, 4) is 0 Å². The van der Waals surface area contributed by atoms with Gasteiger partial charge in [0.25, 0.3) is 0 Å². The summed E-state index contributed by atoms with van der Waals surface area (Å²) < 4.78 is 5.08. The van der Waals surface area contributed by atoms with Crippen molar-refractivity contribution in [1.82, 2.24) is 0 Å². The van der Waals surface area contributed by atoms with Gasteiger partial charge in [-0.1, -0.05) is 51.0 Å². The molecule has 0 aliphatic carbocycles. The minimum atomic E-state index is -0.281. The third-order valence-electron chi connectivity index (χ3n) is 3.73. The highest BCUT2D eigenvalue weighted by Crippen LogP contribution is 2.10. The zero-order valence-electron chi connectivity index (χ0n) is 15.0. The standard InChI is InChI=1S/C20H30O3S/c1-3-5-6-8-17-10-12-18(13-11-17)19(21)16-23-20(22)9-7-15-24-14-4-2/h10-13H,3-9,14-16H2,1-2H3. The SMILES string of the molecule is CCCCCc1ccc(C(=O)COC(=O)CCCSCCC)cc1. The first-order chi connectivity index (χ1) is 11.7. The zero-order chi connectivity index (χ0) is 17.6. The molecule has 0 radical (unpaired) electrons. The lowest BCUT2D eigenvalue weighted by atomic mass is 10.0. The fraction of sp³-hybridized carbons (Fsp3) is 0.600. The van der Waals surface area contributed by atoms with E-state index in [0.29, 0.717) is 12.0 Å². The second-order valence-corrected chi connectivity index (χ2v) is 7.18. The first-order valence-electron chi connectivity index (χ1n) is 9.02. The number of benzene rings is 1. The summed E-state index contributed by atoms with van der Waals surface area (Å²) in [5.41, 5.74) is 1.86. The Hall–Kier alpha value is -1.29. The van der Waals surface area contributed by atoms with Gasteiger partial charge in [0.2, 0.25) is 0 Å². The van der Waals surface area contributed by atoms with Crippen LogP contribution < -0.4 is 0 Å². The Balaban J connectivity index is 2.25. The minimum Gasteiger partial charge on any atom is -0.457 e. The molecular weight excluding hydrogens is 320 g/mol. The van der Waals surface area contributed by atoms with Crippen molar-refractivity contribution < 1.29 is 14.3 Å². The van der Waals surface area contributed by atoms with Crippen LogP contribution in [0.3, 0.4) is 0 Å². The van der Waals surface area contributed by atoms with Crippen LogP contribution in [0.4, 0.5) is 0 Å². The Morgan fingerprint density at radius 1 is 0.958 bits per heavy atom. The zero-order valence-corrected chi connectivity index (χ0v) is 15.8. The molecule has 0 aliphatic heterocycles. The molecule has 1 rings (SSSR count). The molecule has 0 saturated heterocycles. The monoisotopic (exact) mass is 350 g/mol. The molecule has 24 heavy (non-hydrogen) atoms. The van der Waals surface area contributed by atoms with E-state index in [0.717, 1.165) is 30.8 Å². The topological polar surface area (TPSA) is 43.4 Å². The molecule has 4 heteroatoms. The summed E-state index contributed by atoms with van der Waals surface area (Å²) in [5, 5.41) is 0. The number of thioether (sulfide) groups is 1. The molecule has 0 aromatic heterocycles. The maximum absolute atomic E-state index is 12.1. The third kappa shape index (κ3) is 9.11. The minimum absolute atomic E-state index is 0.135. The van der Waals surface area contributed by atoms with Gasteiger partial charge in [0, 0.05) is 12.0 Å². The van der Waals surface area contributed by atoms with Crippen LogP contribution in [0.15, 0.2) is 24.3 Å². The van der Waals surface area contributed by atoms with Crippen molar-refractivity contribution in [2.45, 2.75) is 58.8 Å². The maximum atomic E-state index is 12.1. The molecular formula is C20H30O3S. The van der Waals surface area contributed by atoms with Crippen LogP contribution in [0.5, 0.6) is 0 Å². The summed E-state index contributed by atoms with van der Waals surface area (Å²) in [5.74, 6) is 1.68. The van der Waals surface area contributed by atoms with Gasteiger partial charge in [-0.05, 0) is 42.8 Å². The molecule has 1 aromatic carbocycles. The highest BCUT2D eigenvalue weighted by atomic mass is 32.2. The van der Waals surface area contributed by atoms with E-state index in [1.54, 1.807) is 0 Å². The van der Waals surface area contributed by atoms with E-state index in [4.69, 9.17) is 4.74 Å². The van der Waals surface area contributed by atoms with E-state index < -0.39 is 0 Å². The lowest BCUT2D eigenvalue weighted by Gasteiger charge is -2.06. The number of Topliss-reactive ketones (excluding diaryl/α,β-unsaturated/α-hetero) is 1. The first kappa shape index (κ1) is 20.8. The van der Waals surface area contributed by atoms with Crippen molar-refractivity contribution in [2.24, 2.45) is 0 Å². The van der Waals surface area contributed by atoms with Crippen molar-refractivity contribution in [2.75, 3.05) is 18.1 Å². The lowest BCUT2D eigenvalue weighted by molar-refractivity contribution is -0.142. The molecule has 0 amide bonds. The predicted octanol–water partition coefficient (Wildman–Crippen LogP) is 5.07. The highest BCUT2D eigenvalue weighted by molar-refractivity contribution is 7.99. The van der Waals surface area contributed by atoms with Crippen LogP contribution >= 0.6 is 11.8 Å². The summed E-state index contributed by atoms with van der Waals surface area (Å²) in [7, 11) is 0. The average Bonchev–Trinajstić information content (AvgIpc) is 2.60. The van der Waals surface area contributed by atoms with Gasteiger partial charge in [0.05, 0.1) is 0 Å². The lowest BCUT2D eigenvalue weighted by Crippen LogP contribution is -2.14. The summed E-state index contributed by atoms with van der Waals surface area (Å²) in [4.78, 5) is 23.7. The molecule has 134 valence electrons. The van der Waals surface area contributed by atoms with Crippen LogP contribution in [-0.4, -0.2) is 29.9 Å². The summed E-state index contributed by atoms with van der Waals surface area (Å²) in [6.45, 7) is 4.17. The molecule has 0 aliphatic rings. The van der Waals surface area contributed by atoms with E-state index >= 15 is 0 Å². The number of aryl methyl sites for hydroxylation is 1. The summed E-state index contributed by atoms with van der Waals surface area (Å²) in [6, 6.07) is 7.66. The average molecular weight is 351 g/mol. The van der Waals surface area contributed by atoms with Crippen molar-refractivity contribution in [3.63, 3.8) is 0 Å². The van der Waals surface area contributed by atoms with Gasteiger partial charge in [0.15, 0.2) is 12.4 Å². The molecule has 1 aromatic rings. The molecule has 0 bridgehead atoms. The van der Waals surface area contributed by atoms with Crippen LogP contribution in [0.1, 0.15) is 68.3 Å². The molecule has 0 spiro atoms. The molecule has 0 unspecified atom stereocenters. The fourth-order valence-corrected chi connectivity index (χ4v) is 3.14. The van der Waals surface area contributed by atoms with E-state index in [-0.39, 0.29) is 18.4 Å². The van der Waals surface area contributed by atoms with Gasteiger partial charge >= 0.3 is 5.97 Å². The van der Waals surface area contributed by atoms with Gasteiger partial charge in [0.1, 0.15) is 0 Å². The number of esters is 1. The number of unbranched alkanes of at least 4 members (excludes halogenated alkanes) is 2. The van der Waals surface area contributed by atoms with Crippen LogP contribution in [-0.2, 0) is 16.0 Å². The number of ether oxygens (including phenoxy) is 1. The number of rotatable bonds is 13. The molecule has 0 saturated carbocycles. The van der Waals surface area contributed by atoms with Gasteiger partial charge in [-0.25, -0.2) is 0 Å². The molecule has 3 nitrogen and oxygen atoms in total. The van der Waals surface area contributed by atoms with Crippen molar-refractivity contribution in [1.29, 1.82) is 0 Å². The Morgan fingerprint density at radius 3 is 2.38 bits per heavy atom. The van der Waals surface area contributed by atoms with Crippen molar-refractivity contribution >= 4 is 23.5 Å². The van der Waals surface area contributed by atoms with Gasteiger partial charge in [-0.3, -0.25) is 9.59 Å². The molecule has 0 N–H and O–H groups in total. The fourth-order valence-electron chi connectivity index (χ4n) is 2.30.